The van der Waals surface area contributed by atoms with Crippen LogP contribution in [0.15, 0.2) is 23.2 Å². The lowest BCUT2D eigenvalue weighted by molar-refractivity contribution is -0.107. The van der Waals surface area contributed by atoms with Crippen LogP contribution in [-0.2, 0) is 0 Å². The van der Waals surface area contributed by atoms with E-state index in [2.05, 4.69) is 10.3 Å². The van der Waals surface area contributed by atoms with Gasteiger partial charge >= 0.3 is 0 Å². The average molecular weight is 299 g/mol. The topological polar surface area (TPSA) is 68.9 Å². The fourth-order valence-electron chi connectivity index (χ4n) is 2.23. The number of guanidine groups is 1. The van der Waals surface area contributed by atoms with E-state index in [9.17, 15) is 8.78 Å². The zero-order chi connectivity index (χ0) is 15.5. The normalized spacial score (nSPS) is 18.0. The summed E-state index contributed by atoms with van der Waals surface area (Å²) in [5.74, 6) is -1.24. The minimum atomic E-state index is -2.53. The highest BCUT2D eigenvalue weighted by molar-refractivity contribution is 5.94. The highest BCUT2D eigenvalue weighted by atomic mass is 19.3. The summed E-state index contributed by atoms with van der Waals surface area (Å²) < 4.78 is 35.8. The number of hydrogen-bond donors (Lipinski definition) is 2. The highest BCUT2D eigenvalue weighted by Crippen LogP contribution is 2.42. The van der Waals surface area contributed by atoms with Crippen molar-refractivity contribution in [2.45, 2.75) is 18.8 Å². The zero-order valence-corrected chi connectivity index (χ0v) is 12.0. The molecular formula is C14H19F2N3O2. The fraction of sp³-hybridized carbons (Fsp3) is 0.500. The Bertz CT molecular complexity index is 527. The molecular weight excluding hydrogens is 280 g/mol. The smallest absolute Gasteiger partial charge is 0.248 e. The zero-order valence-electron chi connectivity index (χ0n) is 12.0. The second-order valence-electron chi connectivity index (χ2n) is 5.05. The predicted octanol–water partition coefficient (Wildman–Crippen LogP) is 2.48. The molecule has 5 nitrogen and oxygen atoms in total. The summed E-state index contributed by atoms with van der Waals surface area (Å²) in [5.41, 5.74) is 6.38. The van der Waals surface area contributed by atoms with Crippen molar-refractivity contribution in [2.24, 2.45) is 16.6 Å². The van der Waals surface area contributed by atoms with Gasteiger partial charge in [-0.05, 0) is 18.1 Å². The molecule has 2 rings (SSSR count). The van der Waals surface area contributed by atoms with Crippen molar-refractivity contribution in [1.82, 2.24) is 0 Å². The summed E-state index contributed by atoms with van der Waals surface area (Å²) in [6.45, 7) is 0.292. The molecule has 116 valence electrons. The lowest BCUT2D eigenvalue weighted by atomic mass is 9.81. The second-order valence-corrected chi connectivity index (χ2v) is 5.05. The van der Waals surface area contributed by atoms with Gasteiger partial charge in [0.15, 0.2) is 5.96 Å². The number of hydrogen-bond acceptors (Lipinski definition) is 3. The average Bonchev–Trinajstić information content (AvgIpc) is 2.42. The number of rotatable bonds is 5. The molecule has 1 aliphatic rings. The Balaban J connectivity index is 1.97. The Morgan fingerprint density at radius 1 is 1.38 bits per heavy atom. The maximum Gasteiger partial charge on any atom is 0.248 e. The van der Waals surface area contributed by atoms with Gasteiger partial charge in [0.05, 0.1) is 19.9 Å². The van der Waals surface area contributed by atoms with Crippen molar-refractivity contribution in [1.29, 1.82) is 0 Å². The fourth-order valence-corrected chi connectivity index (χ4v) is 2.23. The van der Waals surface area contributed by atoms with E-state index >= 15 is 0 Å². The largest absolute Gasteiger partial charge is 0.497 e. The third kappa shape index (κ3) is 3.96. The van der Waals surface area contributed by atoms with Crippen molar-refractivity contribution < 1.29 is 18.3 Å². The van der Waals surface area contributed by atoms with Crippen molar-refractivity contribution in [3.05, 3.63) is 18.2 Å². The third-order valence-electron chi connectivity index (χ3n) is 3.36. The summed E-state index contributed by atoms with van der Waals surface area (Å²) in [7, 11) is 3.09. The van der Waals surface area contributed by atoms with Gasteiger partial charge in [-0.3, -0.25) is 4.99 Å². The van der Waals surface area contributed by atoms with Crippen LogP contribution in [0.5, 0.6) is 11.5 Å². The van der Waals surface area contributed by atoms with Gasteiger partial charge in [0, 0.05) is 25.5 Å². The number of halogens is 2. The Labute approximate surface area is 122 Å². The molecule has 0 unspecified atom stereocenters. The first-order valence-corrected chi connectivity index (χ1v) is 6.60. The molecule has 0 aromatic heterocycles. The van der Waals surface area contributed by atoms with Crippen molar-refractivity contribution in [2.75, 3.05) is 26.1 Å². The second kappa shape index (κ2) is 6.15. The van der Waals surface area contributed by atoms with Crippen LogP contribution in [0.3, 0.4) is 0 Å². The van der Waals surface area contributed by atoms with Crippen LogP contribution in [0, 0.1) is 5.92 Å². The van der Waals surface area contributed by atoms with Crippen LogP contribution in [-0.4, -0.2) is 32.6 Å². The van der Waals surface area contributed by atoms with Gasteiger partial charge in [-0.2, -0.15) is 0 Å². The van der Waals surface area contributed by atoms with E-state index in [-0.39, 0.29) is 24.7 Å². The molecule has 7 heteroatoms. The molecule has 0 bridgehead atoms. The molecule has 0 saturated heterocycles. The van der Waals surface area contributed by atoms with Crippen LogP contribution in [0.2, 0.25) is 0 Å². The minimum absolute atomic E-state index is 0.104. The first-order valence-electron chi connectivity index (χ1n) is 6.60. The van der Waals surface area contributed by atoms with Crippen LogP contribution >= 0.6 is 0 Å². The molecule has 1 aromatic rings. The molecule has 1 fully saturated rings. The van der Waals surface area contributed by atoms with Crippen LogP contribution in [0.4, 0.5) is 14.5 Å². The van der Waals surface area contributed by atoms with E-state index in [4.69, 9.17) is 15.2 Å². The first kappa shape index (κ1) is 15.3. The SMILES string of the molecule is COc1ccc(OC)c(NC(N)=NCC2CC(F)(F)C2)c1. The first-order chi connectivity index (χ1) is 9.93. The van der Waals surface area contributed by atoms with Gasteiger partial charge in [-0.25, -0.2) is 8.78 Å². The number of alkyl halides is 2. The van der Waals surface area contributed by atoms with Gasteiger partial charge in [0.1, 0.15) is 11.5 Å². The summed E-state index contributed by atoms with van der Waals surface area (Å²) >= 11 is 0. The number of nitrogens with two attached hydrogens (primary N) is 1. The summed E-state index contributed by atoms with van der Waals surface area (Å²) in [6.07, 6.45) is -0.238. The Kier molecular flexibility index (Phi) is 4.50. The Hall–Kier alpha value is -2.05. The van der Waals surface area contributed by atoms with Crippen LogP contribution < -0.4 is 20.5 Å². The van der Waals surface area contributed by atoms with Crippen molar-refractivity contribution >= 4 is 11.6 Å². The number of nitrogens with one attached hydrogen (secondary N) is 1. The molecule has 0 atom stereocenters. The summed E-state index contributed by atoms with van der Waals surface area (Å²) in [4.78, 5) is 4.09. The van der Waals surface area contributed by atoms with E-state index in [1.165, 1.54) is 7.11 Å². The van der Waals surface area contributed by atoms with E-state index in [1.807, 2.05) is 0 Å². The monoisotopic (exact) mass is 299 g/mol. The van der Waals surface area contributed by atoms with Crippen LogP contribution in [0.25, 0.3) is 0 Å². The molecule has 21 heavy (non-hydrogen) atoms. The molecule has 1 saturated carbocycles. The van der Waals surface area contributed by atoms with E-state index in [0.717, 1.165) is 0 Å². The van der Waals surface area contributed by atoms with Gasteiger partial charge in [0.25, 0.3) is 0 Å². The van der Waals surface area contributed by atoms with Gasteiger partial charge in [-0.1, -0.05) is 0 Å². The standard InChI is InChI=1S/C14H19F2N3O2/c1-20-10-3-4-12(21-2)11(5-10)19-13(17)18-8-9-6-14(15,16)7-9/h3-5,9H,6-8H2,1-2H3,(H3,17,18,19). The number of nitrogens with zero attached hydrogens (tertiary/aromatic N) is 1. The molecule has 1 aliphatic carbocycles. The number of ether oxygens (including phenoxy) is 2. The number of aliphatic imine (C=N–C) groups is 1. The number of methoxy groups -OCH3 is 2. The molecule has 1 aromatic carbocycles. The Morgan fingerprint density at radius 2 is 2.10 bits per heavy atom. The predicted molar refractivity (Wildman–Crippen MR) is 77.3 cm³/mol. The Morgan fingerprint density at radius 3 is 2.67 bits per heavy atom. The van der Waals surface area contributed by atoms with E-state index < -0.39 is 5.92 Å². The molecule has 0 radical (unpaired) electrons. The quantitative estimate of drug-likeness (QED) is 0.647. The number of benzene rings is 1. The lowest BCUT2D eigenvalue weighted by Crippen LogP contribution is -2.37. The summed E-state index contributed by atoms with van der Waals surface area (Å²) in [6, 6.07) is 5.22. The molecule has 3 N–H and O–H groups in total. The van der Waals surface area contributed by atoms with E-state index in [0.29, 0.717) is 23.7 Å². The van der Waals surface area contributed by atoms with E-state index in [1.54, 1.807) is 25.3 Å². The van der Waals surface area contributed by atoms with Crippen LogP contribution in [0.1, 0.15) is 12.8 Å². The lowest BCUT2D eigenvalue weighted by Gasteiger charge is -2.33. The van der Waals surface area contributed by atoms with Crippen molar-refractivity contribution in [3.8, 4) is 11.5 Å². The van der Waals surface area contributed by atoms with Gasteiger partial charge in [0.2, 0.25) is 5.92 Å². The third-order valence-corrected chi connectivity index (χ3v) is 3.36. The maximum atomic E-state index is 12.7. The van der Waals surface area contributed by atoms with Crippen molar-refractivity contribution in [3.63, 3.8) is 0 Å². The minimum Gasteiger partial charge on any atom is -0.497 e. The van der Waals surface area contributed by atoms with Gasteiger partial charge in [-0.15, -0.1) is 0 Å². The molecule has 0 amide bonds. The molecule has 0 aliphatic heterocycles. The molecule has 0 heterocycles. The highest BCUT2D eigenvalue weighted by Gasteiger charge is 2.44. The molecule has 0 spiro atoms. The number of anilines is 1. The summed E-state index contributed by atoms with van der Waals surface area (Å²) in [5, 5.41) is 2.90. The van der Waals surface area contributed by atoms with Gasteiger partial charge < -0.3 is 20.5 Å². The maximum absolute atomic E-state index is 12.7.